The van der Waals surface area contributed by atoms with Gasteiger partial charge < -0.3 is 4.74 Å². The fraction of sp³-hybridized carbons (Fsp3) is 0.417. The minimum atomic E-state index is 0. The molecule has 3 heteroatoms. The zero-order valence-electron chi connectivity index (χ0n) is 18.4. The number of para-hydroxylation sites is 1. The van der Waals surface area contributed by atoms with Gasteiger partial charge in [-0.1, -0.05) is 69.1 Å². The molecule has 0 fully saturated rings. The van der Waals surface area contributed by atoms with Gasteiger partial charge in [-0.15, -0.1) is 6.42 Å². The van der Waals surface area contributed by atoms with Crippen LogP contribution in [-0.4, -0.2) is 9.52 Å². The minimum Gasteiger partial charge on any atom is -0.465 e. The van der Waals surface area contributed by atoms with Gasteiger partial charge in [0.05, 0.1) is 6.26 Å². The first kappa shape index (κ1) is 28.1. The molecule has 0 saturated carbocycles. The number of benzene rings is 1. The maximum Gasteiger partial charge on any atom is 0.126 e. The molecule has 1 radical (unpaired) electrons. The predicted molar refractivity (Wildman–Crippen MR) is 119 cm³/mol. The van der Waals surface area contributed by atoms with E-state index in [-0.39, 0.29) is 21.7 Å². The van der Waals surface area contributed by atoms with Crippen LogP contribution in [0, 0.1) is 11.5 Å². The molecular formula is C24H36OSiTi-. The van der Waals surface area contributed by atoms with Crippen molar-refractivity contribution in [3.8, 4) is 5.75 Å². The third kappa shape index (κ3) is 15.6. The van der Waals surface area contributed by atoms with Crippen LogP contribution in [0.4, 0.5) is 0 Å². The molecule has 0 aromatic heterocycles. The summed E-state index contributed by atoms with van der Waals surface area (Å²) in [7, 11) is 0.750. The van der Waals surface area contributed by atoms with E-state index in [1.54, 1.807) is 6.26 Å². The number of rotatable bonds is 3. The van der Waals surface area contributed by atoms with E-state index in [1.165, 1.54) is 11.1 Å². The smallest absolute Gasteiger partial charge is 0.126 e. The third-order valence-electron chi connectivity index (χ3n) is 3.20. The van der Waals surface area contributed by atoms with Gasteiger partial charge in [0, 0.05) is 31.2 Å². The molecule has 0 N–H and O–H groups in total. The molecule has 0 atom stereocenters. The Morgan fingerprint density at radius 2 is 1.63 bits per heavy atom. The number of hydrogen-bond donors (Lipinski definition) is 0. The van der Waals surface area contributed by atoms with E-state index in [4.69, 9.17) is 4.74 Å². The molecule has 0 spiro atoms. The molecule has 1 aromatic carbocycles. The third-order valence-corrected chi connectivity index (χ3v) is 3.20. The van der Waals surface area contributed by atoms with Gasteiger partial charge in [-0.2, -0.15) is 11.6 Å². The molecule has 27 heavy (non-hydrogen) atoms. The van der Waals surface area contributed by atoms with Crippen molar-refractivity contribution in [1.82, 2.24) is 0 Å². The van der Waals surface area contributed by atoms with Crippen molar-refractivity contribution in [3.05, 3.63) is 77.6 Å². The van der Waals surface area contributed by atoms with E-state index < -0.39 is 0 Å². The van der Waals surface area contributed by atoms with Crippen LogP contribution < -0.4 is 4.74 Å². The van der Waals surface area contributed by atoms with Crippen molar-refractivity contribution in [2.75, 3.05) is 0 Å². The Hall–Kier alpha value is -1.09. The van der Waals surface area contributed by atoms with Crippen LogP contribution in [0.25, 0.3) is 0 Å². The summed E-state index contributed by atoms with van der Waals surface area (Å²) in [5, 5.41) is 0. The first-order valence-electron chi connectivity index (χ1n) is 9.25. The van der Waals surface area contributed by atoms with Crippen molar-refractivity contribution < 1.29 is 26.5 Å². The van der Waals surface area contributed by atoms with Crippen molar-refractivity contribution >= 4 is 9.52 Å². The first-order chi connectivity index (χ1) is 12.2. The van der Waals surface area contributed by atoms with Gasteiger partial charge in [0.2, 0.25) is 0 Å². The Balaban J connectivity index is 0. The van der Waals surface area contributed by atoms with Crippen molar-refractivity contribution in [1.29, 1.82) is 0 Å². The summed E-state index contributed by atoms with van der Waals surface area (Å²) in [5.41, 5.74) is 4.13. The molecule has 0 aliphatic heterocycles. The zero-order valence-corrected chi connectivity index (χ0v) is 21.1. The average Bonchev–Trinajstić information content (AvgIpc) is 3.09. The van der Waals surface area contributed by atoms with Crippen LogP contribution in [0.2, 0.25) is 13.1 Å². The van der Waals surface area contributed by atoms with Gasteiger partial charge in [-0.25, -0.2) is 6.08 Å². The van der Waals surface area contributed by atoms with Crippen molar-refractivity contribution in [2.24, 2.45) is 5.41 Å². The minimum absolute atomic E-state index is 0. The Labute approximate surface area is 185 Å². The van der Waals surface area contributed by atoms with Crippen LogP contribution >= 0.6 is 0 Å². The predicted octanol–water partition coefficient (Wildman–Crippen LogP) is 7.17. The first-order valence-corrected chi connectivity index (χ1v) is 11.6. The Kier molecular flexibility index (Phi) is 16.6. The molecule has 0 unspecified atom stereocenters. The summed E-state index contributed by atoms with van der Waals surface area (Å²) in [6.45, 7) is 17.3. The Morgan fingerprint density at radius 1 is 1.07 bits per heavy atom. The second-order valence-corrected chi connectivity index (χ2v) is 8.71. The van der Waals surface area contributed by atoms with Crippen LogP contribution in [0.5, 0.6) is 5.75 Å². The second kappa shape index (κ2) is 15.9. The number of allylic oxidation sites excluding steroid dienone is 7. The summed E-state index contributed by atoms with van der Waals surface area (Å²) in [5.74, 6) is 0.869. The topological polar surface area (TPSA) is 9.23 Å². The molecular weight excluding hydrogens is 380 g/mol. The molecule has 0 amide bonds. The summed E-state index contributed by atoms with van der Waals surface area (Å²) < 4.78 is 5.46. The summed E-state index contributed by atoms with van der Waals surface area (Å²) in [4.78, 5) is 0. The summed E-state index contributed by atoms with van der Waals surface area (Å²) >= 11 is 0. The fourth-order valence-corrected chi connectivity index (χ4v) is 2.07. The zero-order chi connectivity index (χ0) is 20.0. The SMILES string of the molecule is CC(C)(C)C1=CC[C-]=C1.CC(C)=CC(C)=COc1ccccc1.C[SiH]C.[Ti]. The van der Waals surface area contributed by atoms with E-state index in [9.17, 15) is 0 Å². The fourth-order valence-electron chi connectivity index (χ4n) is 2.07. The molecule has 1 aromatic rings. The molecule has 1 aliphatic rings. The monoisotopic (exact) mass is 416 g/mol. The van der Waals surface area contributed by atoms with Gasteiger partial charge >= 0.3 is 0 Å². The molecule has 1 nitrogen and oxygen atoms in total. The van der Waals surface area contributed by atoms with Gasteiger partial charge in [0.15, 0.2) is 0 Å². The van der Waals surface area contributed by atoms with Gasteiger partial charge in [-0.3, -0.25) is 6.08 Å². The van der Waals surface area contributed by atoms with Gasteiger partial charge in [0.25, 0.3) is 0 Å². The van der Waals surface area contributed by atoms with E-state index in [0.717, 1.165) is 27.3 Å². The van der Waals surface area contributed by atoms with Crippen molar-refractivity contribution in [2.45, 2.75) is 61.1 Å². The molecule has 2 rings (SSSR count). The maximum atomic E-state index is 5.46. The summed E-state index contributed by atoms with van der Waals surface area (Å²) in [6.07, 6.45) is 12.4. The van der Waals surface area contributed by atoms with E-state index >= 15 is 0 Å². The van der Waals surface area contributed by atoms with Gasteiger partial charge in [0.1, 0.15) is 5.75 Å². The van der Waals surface area contributed by atoms with Crippen LogP contribution in [0.3, 0.4) is 0 Å². The van der Waals surface area contributed by atoms with E-state index in [2.05, 4.69) is 72.0 Å². The van der Waals surface area contributed by atoms with E-state index in [0.29, 0.717) is 5.41 Å². The number of hydrogen-bond acceptors (Lipinski definition) is 1. The largest absolute Gasteiger partial charge is 0.465 e. The van der Waals surface area contributed by atoms with Crippen LogP contribution in [0.15, 0.2) is 71.5 Å². The molecule has 147 valence electrons. The molecule has 0 heterocycles. The molecule has 1 aliphatic carbocycles. The quantitative estimate of drug-likeness (QED) is 0.220. The average molecular weight is 417 g/mol. The van der Waals surface area contributed by atoms with Gasteiger partial charge in [-0.05, 0) is 38.5 Å². The standard InChI is InChI=1S/C13H16O.C9H13.C2H7Si.Ti/c1-11(2)9-12(3)10-14-13-7-5-4-6-8-13;1-9(2,3)8-6-4-5-7-8;1-3-2;/h4-10H,1-3H3;6-7H,4H2,1-3H3;3H,1-2H3;/q;-1;;. The molecule has 0 bridgehead atoms. The Bertz CT molecular complexity index is 616. The molecule has 0 saturated heterocycles. The second-order valence-electron chi connectivity index (χ2n) is 7.55. The van der Waals surface area contributed by atoms with E-state index in [1.807, 2.05) is 37.3 Å². The number of ether oxygens (including phenoxy) is 1. The normalized spacial score (nSPS) is 12.4. The maximum absolute atomic E-state index is 5.46. The van der Waals surface area contributed by atoms with Crippen LogP contribution in [0.1, 0.15) is 48.0 Å². The Morgan fingerprint density at radius 3 is 2.00 bits per heavy atom. The summed E-state index contributed by atoms with van der Waals surface area (Å²) in [6, 6.07) is 9.76. The van der Waals surface area contributed by atoms with Crippen molar-refractivity contribution in [3.63, 3.8) is 0 Å². The van der Waals surface area contributed by atoms with Crippen LogP contribution in [-0.2, 0) is 21.7 Å².